The molecule has 0 aromatic heterocycles. The van der Waals surface area contributed by atoms with Crippen molar-refractivity contribution in [3.8, 4) is 11.5 Å². The second-order valence-electron chi connectivity index (χ2n) is 8.00. The number of aryl methyl sites for hydroxylation is 2. The number of benzene rings is 3. The number of hydrogen-bond donors (Lipinski definition) is 2. The maximum Gasteiger partial charge on any atom is 0.249 e. The van der Waals surface area contributed by atoms with Gasteiger partial charge in [-0.1, -0.05) is 29.8 Å². The number of halogens is 2. The third-order valence-electron chi connectivity index (χ3n) is 5.14. The van der Waals surface area contributed by atoms with E-state index in [0.29, 0.717) is 45.5 Å². The lowest BCUT2D eigenvalue weighted by molar-refractivity contribution is -0.126. The first kappa shape index (κ1) is 27.2. The summed E-state index contributed by atoms with van der Waals surface area (Å²) in [4.78, 5) is 24.3. The van der Waals surface area contributed by atoms with Crippen molar-refractivity contribution in [1.82, 2.24) is 5.43 Å². The molecule has 0 saturated heterocycles. The highest BCUT2D eigenvalue weighted by atomic mass is 79.9. The van der Waals surface area contributed by atoms with E-state index in [-0.39, 0.29) is 6.42 Å². The molecule has 0 aliphatic heterocycles. The first-order chi connectivity index (χ1) is 17.2. The van der Waals surface area contributed by atoms with Crippen molar-refractivity contribution in [2.45, 2.75) is 33.8 Å². The SMILES string of the molecule is CCOc1cc(C=NNC(=O)CC(=O)Nc2ccc(C)c(C)c2)cc(Br)c1OCc1ccc(Cl)cc1. The molecule has 2 amide bonds. The van der Waals surface area contributed by atoms with Gasteiger partial charge in [0.1, 0.15) is 13.0 Å². The minimum atomic E-state index is -0.528. The van der Waals surface area contributed by atoms with Crippen molar-refractivity contribution >= 4 is 51.2 Å². The molecule has 3 rings (SSSR count). The maximum absolute atomic E-state index is 12.2. The second kappa shape index (κ2) is 13.1. The Balaban J connectivity index is 1.59. The smallest absolute Gasteiger partial charge is 0.249 e. The number of rotatable bonds is 10. The zero-order valence-electron chi connectivity index (χ0n) is 20.2. The van der Waals surface area contributed by atoms with Gasteiger partial charge in [0.2, 0.25) is 11.8 Å². The number of carbonyl (C=O) groups excluding carboxylic acids is 2. The molecule has 0 aliphatic carbocycles. The summed E-state index contributed by atoms with van der Waals surface area (Å²) < 4.78 is 12.4. The van der Waals surface area contributed by atoms with Crippen molar-refractivity contribution < 1.29 is 19.1 Å². The average molecular weight is 573 g/mol. The summed E-state index contributed by atoms with van der Waals surface area (Å²) in [6.45, 7) is 6.60. The van der Waals surface area contributed by atoms with E-state index in [1.54, 1.807) is 30.3 Å². The van der Waals surface area contributed by atoms with Crippen LogP contribution in [0, 0.1) is 13.8 Å². The summed E-state index contributed by atoms with van der Waals surface area (Å²) in [6, 6.07) is 16.5. The van der Waals surface area contributed by atoms with E-state index >= 15 is 0 Å². The van der Waals surface area contributed by atoms with Crippen molar-refractivity contribution in [1.29, 1.82) is 0 Å². The Morgan fingerprint density at radius 2 is 1.75 bits per heavy atom. The quantitative estimate of drug-likeness (QED) is 0.173. The fourth-order valence-corrected chi connectivity index (χ4v) is 3.89. The highest BCUT2D eigenvalue weighted by Crippen LogP contribution is 2.37. The van der Waals surface area contributed by atoms with E-state index < -0.39 is 11.8 Å². The Kier molecular flexibility index (Phi) is 9.90. The van der Waals surface area contributed by atoms with Gasteiger partial charge in [0.05, 0.1) is 17.3 Å². The second-order valence-corrected chi connectivity index (χ2v) is 9.29. The molecule has 0 fully saturated rings. The first-order valence-electron chi connectivity index (χ1n) is 11.3. The van der Waals surface area contributed by atoms with Crippen LogP contribution in [0.4, 0.5) is 5.69 Å². The van der Waals surface area contributed by atoms with Crippen molar-refractivity contribution in [3.63, 3.8) is 0 Å². The summed E-state index contributed by atoms with van der Waals surface area (Å²) in [5.41, 5.74) is 6.83. The van der Waals surface area contributed by atoms with Crippen molar-refractivity contribution in [2.24, 2.45) is 5.10 Å². The summed E-state index contributed by atoms with van der Waals surface area (Å²) in [5.74, 6) is 0.131. The van der Waals surface area contributed by atoms with Crippen molar-refractivity contribution in [3.05, 3.63) is 86.3 Å². The van der Waals surface area contributed by atoms with E-state index in [4.69, 9.17) is 21.1 Å². The molecule has 9 heteroatoms. The van der Waals surface area contributed by atoms with Crippen molar-refractivity contribution in [2.75, 3.05) is 11.9 Å². The predicted molar refractivity (Wildman–Crippen MR) is 146 cm³/mol. The van der Waals surface area contributed by atoms with Crippen LogP contribution in [0.5, 0.6) is 11.5 Å². The third-order valence-corrected chi connectivity index (χ3v) is 5.98. The molecule has 188 valence electrons. The van der Waals surface area contributed by atoms with Gasteiger partial charge >= 0.3 is 0 Å². The molecule has 0 aliphatic rings. The highest BCUT2D eigenvalue weighted by molar-refractivity contribution is 9.10. The van der Waals surface area contributed by atoms with E-state index in [2.05, 4.69) is 31.8 Å². The van der Waals surface area contributed by atoms with E-state index in [9.17, 15) is 9.59 Å². The molecule has 0 unspecified atom stereocenters. The summed E-state index contributed by atoms with van der Waals surface area (Å²) in [7, 11) is 0. The predicted octanol–water partition coefficient (Wildman–Crippen LogP) is 6.18. The molecule has 0 heterocycles. The molecular weight excluding hydrogens is 546 g/mol. The highest BCUT2D eigenvalue weighted by Gasteiger charge is 2.13. The number of ether oxygens (including phenoxy) is 2. The van der Waals surface area contributed by atoms with Crippen LogP contribution in [0.3, 0.4) is 0 Å². The Labute approximate surface area is 224 Å². The molecule has 7 nitrogen and oxygen atoms in total. The summed E-state index contributed by atoms with van der Waals surface area (Å²) >= 11 is 9.46. The third kappa shape index (κ3) is 8.10. The van der Waals surface area contributed by atoms with Crippen LogP contribution in [-0.4, -0.2) is 24.6 Å². The Morgan fingerprint density at radius 1 is 1.00 bits per heavy atom. The first-order valence-corrected chi connectivity index (χ1v) is 12.4. The van der Waals surface area contributed by atoms with Crippen LogP contribution >= 0.6 is 27.5 Å². The molecule has 36 heavy (non-hydrogen) atoms. The molecule has 2 N–H and O–H groups in total. The average Bonchev–Trinajstić information content (AvgIpc) is 2.82. The summed E-state index contributed by atoms with van der Waals surface area (Å²) in [5, 5.41) is 7.34. The van der Waals surface area contributed by atoms with Crippen LogP contribution in [0.2, 0.25) is 5.02 Å². The van der Waals surface area contributed by atoms with Gasteiger partial charge in [0.25, 0.3) is 0 Å². The van der Waals surface area contributed by atoms with Gasteiger partial charge in [-0.25, -0.2) is 5.43 Å². The lowest BCUT2D eigenvalue weighted by atomic mass is 10.1. The molecule has 0 bridgehead atoms. The topological polar surface area (TPSA) is 89.0 Å². The number of amides is 2. The Hall–Kier alpha value is -3.36. The van der Waals surface area contributed by atoms with E-state index in [1.165, 1.54) is 6.21 Å². The minimum Gasteiger partial charge on any atom is -0.490 e. The number of anilines is 1. The number of nitrogens with one attached hydrogen (secondary N) is 2. The zero-order chi connectivity index (χ0) is 26.1. The molecular formula is C27H27BrClN3O4. The number of hydrogen-bond acceptors (Lipinski definition) is 5. The lowest BCUT2D eigenvalue weighted by Crippen LogP contribution is -2.24. The normalized spacial score (nSPS) is 10.8. The molecule has 0 radical (unpaired) electrons. The van der Waals surface area contributed by atoms with E-state index in [0.717, 1.165) is 16.7 Å². The number of carbonyl (C=O) groups is 2. The standard InChI is InChI=1S/C27H27BrClN3O4/c1-4-35-24-13-20(12-23(28)27(24)36-16-19-6-8-21(29)9-7-19)15-30-32-26(34)14-25(33)31-22-10-5-17(2)18(3)11-22/h5-13,15H,4,14,16H2,1-3H3,(H,31,33)(H,32,34). The molecule has 0 saturated carbocycles. The van der Waals surface area contributed by atoms with Gasteiger partial charge in [-0.15, -0.1) is 0 Å². The monoisotopic (exact) mass is 571 g/mol. The van der Waals surface area contributed by atoms with Gasteiger partial charge in [-0.2, -0.15) is 5.10 Å². The van der Waals surface area contributed by atoms with Crippen LogP contribution in [0.15, 0.2) is 64.2 Å². The van der Waals surface area contributed by atoms with Gasteiger partial charge in [0.15, 0.2) is 11.5 Å². The van der Waals surface area contributed by atoms with Crippen LogP contribution < -0.4 is 20.2 Å². The lowest BCUT2D eigenvalue weighted by Gasteiger charge is -2.14. The number of nitrogens with zero attached hydrogens (tertiary/aromatic N) is 1. The van der Waals surface area contributed by atoms with Gasteiger partial charge < -0.3 is 14.8 Å². The Morgan fingerprint density at radius 3 is 2.44 bits per heavy atom. The fourth-order valence-electron chi connectivity index (χ4n) is 3.19. The van der Waals surface area contributed by atoms with Crippen LogP contribution in [-0.2, 0) is 16.2 Å². The number of hydrazone groups is 1. The molecule has 3 aromatic carbocycles. The molecule has 0 atom stereocenters. The largest absolute Gasteiger partial charge is 0.490 e. The molecule has 0 spiro atoms. The van der Waals surface area contributed by atoms with Crippen LogP contribution in [0.25, 0.3) is 0 Å². The zero-order valence-corrected chi connectivity index (χ0v) is 22.6. The van der Waals surface area contributed by atoms with Gasteiger partial charge in [0, 0.05) is 10.7 Å². The van der Waals surface area contributed by atoms with Gasteiger partial charge in [-0.05, 0) is 95.4 Å². The summed E-state index contributed by atoms with van der Waals surface area (Å²) in [6.07, 6.45) is 1.12. The Bertz CT molecular complexity index is 1260. The molecule has 3 aromatic rings. The van der Waals surface area contributed by atoms with Gasteiger partial charge in [-0.3, -0.25) is 9.59 Å². The van der Waals surface area contributed by atoms with Crippen LogP contribution in [0.1, 0.15) is 35.6 Å². The fraction of sp³-hybridized carbons (Fsp3) is 0.222. The van der Waals surface area contributed by atoms with E-state index in [1.807, 2.05) is 45.0 Å². The minimum absolute atomic E-state index is 0.337. The maximum atomic E-state index is 12.2.